The molecule has 0 unspecified atom stereocenters. The van der Waals surface area contributed by atoms with E-state index in [0.29, 0.717) is 18.5 Å². The largest absolute Gasteiger partial charge is 0.378 e. The van der Waals surface area contributed by atoms with Gasteiger partial charge in [-0.25, -0.2) is 4.39 Å². The summed E-state index contributed by atoms with van der Waals surface area (Å²) in [5.41, 5.74) is 0.586. The highest BCUT2D eigenvalue weighted by molar-refractivity contribution is 6.07. The van der Waals surface area contributed by atoms with Crippen LogP contribution in [0.5, 0.6) is 0 Å². The highest BCUT2D eigenvalue weighted by atomic mass is 19.1. The van der Waals surface area contributed by atoms with Crippen LogP contribution in [0.1, 0.15) is 49.8 Å². The van der Waals surface area contributed by atoms with Gasteiger partial charge in [-0.1, -0.05) is 50.1 Å². The molecular weight excluding hydrogens is 451 g/mol. The first-order valence-electron chi connectivity index (χ1n) is 11.7. The molecule has 1 spiro atoms. The molecule has 0 aromatic heterocycles. The molecule has 2 aliphatic heterocycles. The minimum absolute atomic E-state index is 0.0198. The van der Waals surface area contributed by atoms with Crippen molar-refractivity contribution < 1.29 is 23.9 Å². The van der Waals surface area contributed by atoms with Crippen molar-refractivity contribution in [3.8, 4) is 6.07 Å². The second kappa shape index (κ2) is 9.84. The minimum Gasteiger partial charge on any atom is -0.378 e. The van der Waals surface area contributed by atoms with E-state index in [1.807, 2.05) is 19.1 Å². The minimum atomic E-state index is -1.59. The Hall–Kier alpha value is -3.77. The number of nitrogens with zero attached hydrogens (tertiary/aromatic N) is 2. The van der Waals surface area contributed by atoms with E-state index in [1.54, 1.807) is 12.1 Å². The van der Waals surface area contributed by atoms with Gasteiger partial charge in [0, 0.05) is 18.7 Å². The van der Waals surface area contributed by atoms with Crippen LogP contribution in [-0.4, -0.2) is 46.4 Å². The zero-order valence-corrected chi connectivity index (χ0v) is 19.3. The molecule has 0 bridgehead atoms. The summed E-state index contributed by atoms with van der Waals surface area (Å²) in [6.45, 7) is 1.96. The summed E-state index contributed by atoms with van der Waals surface area (Å²) >= 11 is 0. The smallest absolute Gasteiger partial charge is 0.254 e. The number of para-hydroxylation sites is 1. The van der Waals surface area contributed by atoms with Crippen molar-refractivity contribution in [2.24, 2.45) is 0 Å². The number of rotatable bonds is 7. The topological polar surface area (TPSA) is 123 Å². The molecule has 3 amide bonds. The van der Waals surface area contributed by atoms with Crippen LogP contribution < -0.4 is 10.6 Å². The lowest BCUT2D eigenvalue weighted by Gasteiger charge is -2.28. The molecule has 1 fully saturated rings. The predicted molar refractivity (Wildman–Crippen MR) is 125 cm³/mol. The fourth-order valence-electron chi connectivity index (χ4n) is 4.90. The van der Waals surface area contributed by atoms with Crippen molar-refractivity contribution in [2.45, 2.75) is 56.2 Å². The molecule has 2 aliphatic rings. The van der Waals surface area contributed by atoms with Crippen LogP contribution in [0.2, 0.25) is 0 Å². The van der Waals surface area contributed by atoms with Gasteiger partial charge in [-0.2, -0.15) is 5.26 Å². The van der Waals surface area contributed by atoms with Gasteiger partial charge in [-0.05, 0) is 35.7 Å². The van der Waals surface area contributed by atoms with Crippen LogP contribution in [0.25, 0.3) is 0 Å². The van der Waals surface area contributed by atoms with Crippen molar-refractivity contribution in [3.05, 3.63) is 65.5 Å². The van der Waals surface area contributed by atoms with Crippen LogP contribution in [0.4, 0.5) is 10.1 Å². The average Bonchev–Trinajstić information content (AvgIpc) is 3.39. The monoisotopic (exact) mass is 478 g/mol. The molecule has 1 saturated heterocycles. The summed E-state index contributed by atoms with van der Waals surface area (Å²) in [6.07, 6.45) is 0.272. The third-order valence-corrected chi connectivity index (χ3v) is 6.81. The number of halogens is 1. The third-order valence-electron chi connectivity index (χ3n) is 6.81. The summed E-state index contributed by atoms with van der Waals surface area (Å²) in [4.78, 5) is 40.8. The van der Waals surface area contributed by atoms with Gasteiger partial charge in [0.15, 0.2) is 6.10 Å². The number of amides is 3. The number of carbonyl (C=O) groups is 3. The zero-order chi connectivity index (χ0) is 25.2. The lowest BCUT2D eigenvalue weighted by atomic mass is 9.80. The molecule has 2 aromatic rings. The van der Waals surface area contributed by atoms with E-state index in [0.717, 1.165) is 24.1 Å². The Balaban J connectivity index is 1.56. The Morgan fingerprint density at radius 2 is 2.00 bits per heavy atom. The SMILES string of the molecule is CCCC[C@H](NC(=O)[C@@H](O)c1ccc(F)cc1)C(=O)N1C[C@]2(C[C@H]1C#N)C(=O)Nc1ccccc12. The summed E-state index contributed by atoms with van der Waals surface area (Å²) < 4.78 is 13.2. The quantitative estimate of drug-likeness (QED) is 0.565. The van der Waals surface area contributed by atoms with Crippen LogP contribution in [0, 0.1) is 17.1 Å². The summed E-state index contributed by atoms with van der Waals surface area (Å²) in [5.74, 6) is -2.02. The van der Waals surface area contributed by atoms with Gasteiger partial charge in [0.05, 0.1) is 11.5 Å². The molecule has 0 radical (unpaired) electrons. The molecule has 0 aliphatic carbocycles. The molecule has 0 saturated carbocycles. The number of fused-ring (bicyclic) bond motifs is 2. The number of carbonyl (C=O) groups excluding carboxylic acids is 3. The fraction of sp³-hybridized carbons (Fsp3) is 0.385. The van der Waals surface area contributed by atoms with Crippen LogP contribution >= 0.6 is 0 Å². The number of anilines is 1. The molecule has 9 heteroatoms. The van der Waals surface area contributed by atoms with Gasteiger partial charge in [0.2, 0.25) is 11.8 Å². The van der Waals surface area contributed by atoms with E-state index in [1.165, 1.54) is 17.0 Å². The standard InChI is InChI=1S/C26H27FN4O4/c1-2-3-7-21(29-23(33)22(32)16-9-11-17(27)12-10-16)24(34)31-15-26(13-18(31)14-28)19-6-4-5-8-20(19)30-25(26)35/h4-6,8-12,18,21-22,32H,2-3,7,13,15H2,1H3,(H,29,33)(H,30,35)/t18-,21-,22-,26-/m0/s1. The number of nitriles is 1. The molecule has 2 heterocycles. The van der Waals surface area contributed by atoms with Crippen molar-refractivity contribution >= 4 is 23.4 Å². The van der Waals surface area contributed by atoms with E-state index in [-0.39, 0.29) is 24.4 Å². The third kappa shape index (κ3) is 4.49. The van der Waals surface area contributed by atoms with E-state index in [9.17, 15) is 29.1 Å². The van der Waals surface area contributed by atoms with E-state index >= 15 is 0 Å². The number of aliphatic hydroxyl groups is 1. The Bertz CT molecular complexity index is 1180. The number of aliphatic hydroxyl groups excluding tert-OH is 1. The zero-order valence-electron chi connectivity index (χ0n) is 19.3. The number of unbranched alkanes of at least 4 members (excludes halogenated alkanes) is 1. The van der Waals surface area contributed by atoms with Crippen LogP contribution in [0.3, 0.4) is 0 Å². The van der Waals surface area contributed by atoms with E-state index in [4.69, 9.17) is 0 Å². The number of benzene rings is 2. The summed E-state index contributed by atoms with van der Waals surface area (Å²) in [5, 5.41) is 25.7. The molecule has 182 valence electrons. The Morgan fingerprint density at radius 1 is 1.29 bits per heavy atom. The van der Waals surface area contributed by atoms with Crippen molar-refractivity contribution in [1.29, 1.82) is 5.26 Å². The second-order valence-corrected chi connectivity index (χ2v) is 9.05. The average molecular weight is 479 g/mol. The maximum Gasteiger partial charge on any atom is 0.254 e. The van der Waals surface area contributed by atoms with Crippen molar-refractivity contribution in [1.82, 2.24) is 10.2 Å². The van der Waals surface area contributed by atoms with E-state index in [2.05, 4.69) is 16.7 Å². The van der Waals surface area contributed by atoms with Gasteiger partial charge >= 0.3 is 0 Å². The maximum absolute atomic E-state index is 13.6. The molecule has 3 N–H and O–H groups in total. The second-order valence-electron chi connectivity index (χ2n) is 9.05. The molecule has 4 rings (SSSR count). The Morgan fingerprint density at radius 3 is 2.69 bits per heavy atom. The Kier molecular flexibility index (Phi) is 6.85. The number of hydrogen-bond acceptors (Lipinski definition) is 5. The molecule has 2 aromatic carbocycles. The molecular formula is C26H27FN4O4. The fourth-order valence-corrected chi connectivity index (χ4v) is 4.90. The van der Waals surface area contributed by atoms with E-state index < -0.39 is 41.2 Å². The highest BCUT2D eigenvalue weighted by Crippen LogP contribution is 2.46. The van der Waals surface area contributed by atoms with Gasteiger partial charge < -0.3 is 20.6 Å². The molecule has 8 nitrogen and oxygen atoms in total. The predicted octanol–water partition coefficient (Wildman–Crippen LogP) is 2.55. The molecule has 35 heavy (non-hydrogen) atoms. The van der Waals surface area contributed by atoms with Gasteiger partial charge in [-0.15, -0.1) is 0 Å². The van der Waals surface area contributed by atoms with Gasteiger partial charge in [-0.3, -0.25) is 14.4 Å². The summed E-state index contributed by atoms with van der Waals surface area (Å²) in [7, 11) is 0. The van der Waals surface area contributed by atoms with Gasteiger partial charge in [0.25, 0.3) is 5.91 Å². The lowest BCUT2D eigenvalue weighted by Crippen LogP contribution is -2.51. The number of likely N-dealkylation sites (tertiary alicyclic amines) is 1. The van der Waals surface area contributed by atoms with Gasteiger partial charge in [0.1, 0.15) is 17.9 Å². The van der Waals surface area contributed by atoms with Crippen LogP contribution in [-0.2, 0) is 19.8 Å². The first-order valence-corrected chi connectivity index (χ1v) is 11.7. The van der Waals surface area contributed by atoms with Crippen molar-refractivity contribution in [3.63, 3.8) is 0 Å². The number of nitrogens with one attached hydrogen (secondary N) is 2. The summed E-state index contributed by atoms with van der Waals surface area (Å²) in [6, 6.07) is 12.4. The first kappa shape index (κ1) is 24.4. The lowest BCUT2D eigenvalue weighted by molar-refractivity contribution is -0.139. The molecule has 4 atom stereocenters. The highest BCUT2D eigenvalue weighted by Gasteiger charge is 2.56. The number of hydrogen-bond donors (Lipinski definition) is 3. The van der Waals surface area contributed by atoms with Crippen molar-refractivity contribution in [2.75, 3.05) is 11.9 Å². The normalized spacial score (nSPS) is 22.3. The first-order chi connectivity index (χ1) is 16.8. The Labute approximate surface area is 202 Å². The maximum atomic E-state index is 13.6. The van der Waals surface area contributed by atoms with Crippen LogP contribution in [0.15, 0.2) is 48.5 Å².